The summed E-state index contributed by atoms with van der Waals surface area (Å²) in [5.41, 5.74) is 0.134. The molecule has 0 radical (unpaired) electrons. The van der Waals surface area contributed by atoms with Crippen LogP contribution in [0.4, 0.5) is 0 Å². The molecule has 2 atom stereocenters. The van der Waals surface area contributed by atoms with Gasteiger partial charge in [-0.3, -0.25) is 0 Å². The van der Waals surface area contributed by atoms with Crippen molar-refractivity contribution in [2.75, 3.05) is 19.7 Å². The Balaban J connectivity index is 1.60. The van der Waals surface area contributed by atoms with Gasteiger partial charge in [0.15, 0.2) is 0 Å². The van der Waals surface area contributed by atoms with E-state index in [2.05, 4.69) is 5.32 Å². The van der Waals surface area contributed by atoms with E-state index in [0.717, 1.165) is 45.4 Å². The standard InChI is InChI=1S/C16H29NO2/c18-15(13-4-9-17-10-5-13)14-6-11-19-16(12-14)7-2-1-3-8-16/h13-15,17-18H,1-12H2. The molecular formula is C16H29NO2. The molecule has 3 heteroatoms. The Labute approximate surface area is 117 Å². The van der Waals surface area contributed by atoms with Crippen LogP contribution in [0.5, 0.6) is 0 Å². The lowest BCUT2D eigenvalue weighted by atomic mass is 9.72. The van der Waals surface area contributed by atoms with Crippen molar-refractivity contribution in [1.29, 1.82) is 0 Å². The third-order valence-corrected chi connectivity index (χ3v) is 5.65. The van der Waals surface area contributed by atoms with E-state index in [4.69, 9.17) is 4.74 Å². The zero-order valence-corrected chi connectivity index (χ0v) is 12.1. The van der Waals surface area contributed by atoms with Gasteiger partial charge >= 0.3 is 0 Å². The van der Waals surface area contributed by atoms with Gasteiger partial charge in [-0.2, -0.15) is 0 Å². The second-order valence-electron chi connectivity index (χ2n) is 6.92. The molecule has 3 nitrogen and oxygen atoms in total. The van der Waals surface area contributed by atoms with E-state index in [1.807, 2.05) is 0 Å². The first-order valence-electron chi connectivity index (χ1n) is 8.32. The number of hydrogen-bond donors (Lipinski definition) is 2. The highest BCUT2D eigenvalue weighted by atomic mass is 16.5. The normalized spacial score (nSPS) is 34.3. The average Bonchev–Trinajstić information content (AvgIpc) is 2.48. The quantitative estimate of drug-likeness (QED) is 0.807. The molecule has 2 aliphatic heterocycles. The number of hydrogen-bond acceptors (Lipinski definition) is 3. The molecule has 1 spiro atoms. The number of rotatable bonds is 2. The minimum atomic E-state index is -0.0928. The maximum Gasteiger partial charge on any atom is 0.0686 e. The van der Waals surface area contributed by atoms with E-state index in [0.29, 0.717) is 11.8 Å². The summed E-state index contributed by atoms with van der Waals surface area (Å²) in [6, 6.07) is 0. The molecule has 2 heterocycles. The smallest absolute Gasteiger partial charge is 0.0686 e. The van der Waals surface area contributed by atoms with Crippen LogP contribution >= 0.6 is 0 Å². The van der Waals surface area contributed by atoms with Crippen LogP contribution in [0.2, 0.25) is 0 Å². The summed E-state index contributed by atoms with van der Waals surface area (Å²) in [5, 5.41) is 14.1. The first-order chi connectivity index (χ1) is 9.29. The second-order valence-corrected chi connectivity index (χ2v) is 6.92. The van der Waals surface area contributed by atoms with E-state index in [1.54, 1.807) is 0 Å². The topological polar surface area (TPSA) is 41.5 Å². The highest BCUT2D eigenvalue weighted by Crippen LogP contribution is 2.43. The first-order valence-corrected chi connectivity index (χ1v) is 8.32. The maximum atomic E-state index is 10.7. The number of nitrogens with one attached hydrogen (secondary N) is 1. The Morgan fingerprint density at radius 2 is 1.74 bits per heavy atom. The minimum absolute atomic E-state index is 0.0928. The van der Waals surface area contributed by atoms with E-state index in [9.17, 15) is 5.11 Å². The molecule has 110 valence electrons. The second kappa shape index (κ2) is 6.11. The fourth-order valence-electron chi connectivity index (χ4n) is 4.47. The molecule has 3 rings (SSSR count). The lowest BCUT2D eigenvalue weighted by molar-refractivity contribution is -0.140. The Morgan fingerprint density at radius 1 is 1.00 bits per heavy atom. The number of aliphatic hydroxyl groups excluding tert-OH is 1. The largest absolute Gasteiger partial charge is 0.393 e. The summed E-state index contributed by atoms with van der Waals surface area (Å²) in [4.78, 5) is 0. The average molecular weight is 267 g/mol. The van der Waals surface area contributed by atoms with Crippen molar-refractivity contribution in [2.45, 2.75) is 69.5 Å². The molecule has 0 aromatic heterocycles. The maximum absolute atomic E-state index is 10.7. The van der Waals surface area contributed by atoms with Gasteiger partial charge in [0.2, 0.25) is 0 Å². The third kappa shape index (κ3) is 3.14. The van der Waals surface area contributed by atoms with Crippen molar-refractivity contribution < 1.29 is 9.84 Å². The van der Waals surface area contributed by atoms with Crippen LogP contribution in [0.1, 0.15) is 57.8 Å². The minimum Gasteiger partial charge on any atom is -0.393 e. The van der Waals surface area contributed by atoms with Gasteiger partial charge in [0, 0.05) is 6.61 Å². The van der Waals surface area contributed by atoms with Gasteiger partial charge in [0.25, 0.3) is 0 Å². The zero-order valence-electron chi connectivity index (χ0n) is 12.1. The van der Waals surface area contributed by atoms with Crippen molar-refractivity contribution >= 4 is 0 Å². The van der Waals surface area contributed by atoms with Crippen LogP contribution in [0.15, 0.2) is 0 Å². The molecule has 0 aromatic carbocycles. The SMILES string of the molecule is OC(C1CCNCC1)C1CCOC2(CCCCC2)C1. The highest BCUT2D eigenvalue weighted by Gasteiger charge is 2.42. The zero-order chi connectivity index (χ0) is 13.1. The van der Waals surface area contributed by atoms with E-state index >= 15 is 0 Å². The van der Waals surface area contributed by atoms with Crippen molar-refractivity contribution in [3.63, 3.8) is 0 Å². The fraction of sp³-hybridized carbons (Fsp3) is 1.00. The third-order valence-electron chi connectivity index (χ3n) is 5.65. The summed E-state index contributed by atoms with van der Waals surface area (Å²) >= 11 is 0. The predicted molar refractivity (Wildman–Crippen MR) is 76.1 cm³/mol. The summed E-state index contributed by atoms with van der Waals surface area (Å²) in [5.74, 6) is 1.000. The lowest BCUT2D eigenvalue weighted by Crippen LogP contribution is -2.47. The van der Waals surface area contributed by atoms with Crippen LogP contribution in [-0.2, 0) is 4.74 Å². The van der Waals surface area contributed by atoms with Gasteiger partial charge in [-0.05, 0) is 63.5 Å². The van der Waals surface area contributed by atoms with Crippen LogP contribution < -0.4 is 5.32 Å². The molecule has 3 aliphatic rings. The number of ether oxygens (including phenoxy) is 1. The van der Waals surface area contributed by atoms with E-state index in [1.165, 1.54) is 32.1 Å². The number of piperidine rings is 1. The first kappa shape index (κ1) is 13.8. The molecule has 2 saturated heterocycles. The van der Waals surface area contributed by atoms with Crippen molar-refractivity contribution in [2.24, 2.45) is 11.8 Å². The van der Waals surface area contributed by atoms with Crippen molar-refractivity contribution in [1.82, 2.24) is 5.32 Å². The molecule has 0 amide bonds. The van der Waals surface area contributed by atoms with Crippen LogP contribution in [0, 0.1) is 11.8 Å². The van der Waals surface area contributed by atoms with Gasteiger partial charge in [0.05, 0.1) is 11.7 Å². The van der Waals surface area contributed by atoms with Gasteiger partial charge in [-0.25, -0.2) is 0 Å². The molecular weight excluding hydrogens is 238 g/mol. The Hall–Kier alpha value is -0.120. The molecule has 2 N–H and O–H groups in total. The van der Waals surface area contributed by atoms with Gasteiger partial charge in [-0.15, -0.1) is 0 Å². The van der Waals surface area contributed by atoms with Crippen molar-refractivity contribution in [3.8, 4) is 0 Å². The molecule has 1 aliphatic carbocycles. The summed E-state index contributed by atoms with van der Waals surface area (Å²) in [7, 11) is 0. The van der Waals surface area contributed by atoms with Crippen LogP contribution in [-0.4, -0.2) is 36.5 Å². The summed E-state index contributed by atoms with van der Waals surface area (Å²) < 4.78 is 6.15. The molecule has 1 saturated carbocycles. The Morgan fingerprint density at radius 3 is 2.47 bits per heavy atom. The highest BCUT2D eigenvalue weighted by molar-refractivity contribution is 4.93. The molecule has 0 bridgehead atoms. The lowest BCUT2D eigenvalue weighted by Gasteiger charge is -2.46. The van der Waals surface area contributed by atoms with Crippen molar-refractivity contribution in [3.05, 3.63) is 0 Å². The summed E-state index contributed by atoms with van der Waals surface area (Å²) in [6.45, 7) is 3.03. The monoisotopic (exact) mass is 267 g/mol. The van der Waals surface area contributed by atoms with E-state index in [-0.39, 0.29) is 11.7 Å². The van der Waals surface area contributed by atoms with E-state index < -0.39 is 0 Å². The predicted octanol–water partition coefficient (Wildman–Crippen LogP) is 2.48. The number of aliphatic hydroxyl groups is 1. The van der Waals surface area contributed by atoms with Gasteiger partial charge in [-0.1, -0.05) is 19.3 Å². The van der Waals surface area contributed by atoms with Gasteiger partial charge < -0.3 is 15.2 Å². The van der Waals surface area contributed by atoms with Crippen LogP contribution in [0.3, 0.4) is 0 Å². The molecule has 19 heavy (non-hydrogen) atoms. The molecule has 2 unspecified atom stereocenters. The van der Waals surface area contributed by atoms with Crippen LogP contribution in [0.25, 0.3) is 0 Å². The fourth-order valence-corrected chi connectivity index (χ4v) is 4.47. The van der Waals surface area contributed by atoms with Gasteiger partial charge in [0.1, 0.15) is 0 Å². The molecule has 0 aromatic rings. The Kier molecular flexibility index (Phi) is 4.45. The summed E-state index contributed by atoms with van der Waals surface area (Å²) in [6.07, 6.45) is 10.8. The Bertz CT molecular complexity index is 277. The molecule has 3 fully saturated rings.